The Morgan fingerprint density at radius 1 is 1.70 bits per heavy atom. The quantitative estimate of drug-likeness (QED) is 0.412. The third-order valence-corrected chi connectivity index (χ3v) is 3.78. The lowest BCUT2D eigenvalue weighted by molar-refractivity contribution is -0.0445. The molecule has 0 aliphatic carbocycles. The molecule has 0 bridgehead atoms. The van der Waals surface area contributed by atoms with Crippen molar-refractivity contribution >= 4 is 17.0 Å². The zero-order chi connectivity index (χ0) is 18.6. The number of aliphatic hydroxyl groups is 2. The van der Waals surface area contributed by atoms with Gasteiger partial charge in [-0.15, -0.1) is 5.92 Å². The number of nitrogens with zero attached hydrogens (tertiary/aromatic N) is 2. The lowest BCUT2D eigenvalue weighted by atomic mass is 9.91. The first kappa shape index (κ1) is 13.1. The second-order valence-electron chi connectivity index (χ2n) is 5.20. The van der Waals surface area contributed by atoms with Gasteiger partial charge in [-0.2, -0.15) is 4.98 Å². The third kappa shape index (κ3) is 2.20. The number of nitrogens with two attached hydrogens (primary N) is 2. The molecule has 0 amide bonds. The maximum Gasteiger partial charge on any atom is 0.261 e. The van der Waals surface area contributed by atoms with E-state index in [-0.39, 0.29) is 17.0 Å². The van der Waals surface area contributed by atoms with Crippen molar-refractivity contribution in [2.45, 2.75) is 30.9 Å². The number of H-pyrrole nitrogens is 1. The first-order valence-corrected chi connectivity index (χ1v) is 6.74. The van der Waals surface area contributed by atoms with Gasteiger partial charge in [-0.25, -0.2) is 0 Å². The largest absolute Gasteiger partial charge is 0.394 e. The molecule has 3 heterocycles. The van der Waals surface area contributed by atoms with Crippen molar-refractivity contribution in [3.05, 3.63) is 22.6 Å². The van der Waals surface area contributed by atoms with Gasteiger partial charge < -0.3 is 31.0 Å². The Hall–Kier alpha value is -2.38. The summed E-state index contributed by atoms with van der Waals surface area (Å²) in [6.07, 6.45) is -3.06. The van der Waals surface area contributed by atoms with E-state index >= 15 is 0 Å². The van der Waals surface area contributed by atoms with Gasteiger partial charge in [0.25, 0.3) is 5.56 Å². The molecule has 1 unspecified atom stereocenters. The molecule has 0 saturated carbocycles. The maximum atomic E-state index is 12.0. The van der Waals surface area contributed by atoms with Gasteiger partial charge in [0.2, 0.25) is 5.95 Å². The van der Waals surface area contributed by atoms with Crippen molar-refractivity contribution in [1.29, 1.82) is 0 Å². The maximum absolute atomic E-state index is 12.0. The minimum Gasteiger partial charge on any atom is -0.394 e. The summed E-state index contributed by atoms with van der Waals surface area (Å²) in [5.41, 5.74) is 9.69. The Morgan fingerprint density at radius 3 is 3.09 bits per heavy atom. The number of ether oxygens (including phenoxy) is 1. The highest BCUT2D eigenvalue weighted by Crippen LogP contribution is 2.37. The van der Waals surface area contributed by atoms with Gasteiger partial charge in [-0.3, -0.25) is 9.78 Å². The number of rotatable bonds is 2. The summed E-state index contributed by atoms with van der Waals surface area (Å²) >= 11 is 0. The molecule has 122 valence electrons. The fourth-order valence-electron chi connectivity index (χ4n) is 2.72. The summed E-state index contributed by atoms with van der Waals surface area (Å²) in [7, 11) is 0. The fourth-order valence-corrected chi connectivity index (χ4v) is 2.72. The molecule has 9 nitrogen and oxygen atoms in total. The van der Waals surface area contributed by atoms with E-state index in [0.717, 1.165) is 0 Å². The van der Waals surface area contributed by atoms with E-state index in [0.29, 0.717) is 0 Å². The average Bonchev–Trinajstić information content (AvgIpc) is 3.00. The predicted octanol–water partition coefficient (Wildman–Crippen LogP) is -1.72. The zero-order valence-corrected chi connectivity index (χ0v) is 12.1. The molecule has 9 heteroatoms. The third-order valence-electron chi connectivity index (χ3n) is 3.78. The summed E-state index contributed by atoms with van der Waals surface area (Å²) in [6, 6.07) is 1.46. The van der Waals surface area contributed by atoms with Gasteiger partial charge in [-0.05, 0) is 13.0 Å². The summed E-state index contributed by atoms with van der Waals surface area (Å²) in [5, 5.41) is 20.3. The van der Waals surface area contributed by atoms with Gasteiger partial charge in [0.15, 0.2) is 17.4 Å². The van der Waals surface area contributed by atoms with E-state index < -0.39 is 36.1 Å². The van der Waals surface area contributed by atoms with Crippen LogP contribution in [0.3, 0.4) is 0 Å². The van der Waals surface area contributed by atoms with Crippen molar-refractivity contribution in [1.82, 2.24) is 14.5 Å². The fraction of sp³-hybridized carbons (Fsp3) is 0.429. The van der Waals surface area contributed by atoms with Crippen molar-refractivity contribution in [3.8, 4) is 11.8 Å². The average molecular weight is 321 g/mol. The molecule has 0 radical (unpaired) electrons. The monoisotopic (exact) mass is 321 g/mol. The molecule has 0 spiro atoms. The molecular formula is C14H17N5O4. The molecule has 23 heavy (non-hydrogen) atoms. The minimum atomic E-state index is -2.86. The summed E-state index contributed by atoms with van der Waals surface area (Å²) in [5.74, 6) is 5.05. The van der Waals surface area contributed by atoms with Crippen LogP contribution in [-0.4, -0.2) is 49.1 Å². The van der Waals surface area contributed by atoms with E-state index in [2.05, 4.69) is 21.8 Å². The number of aromatic amines is 1. The number of anilines is 1. The van der Waals surface area contributed by atoms with Crippen LogP contribution in [0.1, 0.15) is 15.9 Å². The number of aromatic nitrogens is 3. The van der Waals surface area contributed by atoms with Crippen molar-refractivity contribution in [3.63, 3.8) is 0 Å². The Labute approximate surface area is 133 Å². The summed E-state index contributed by atoms with van der Waals surface area (Å²) in [4.78, 5) is 18.4. The zero-order valence-electron chi connectivity index (χ0n) is 14.1. The number of aliphatic hydroxyl groups excluding tert-OH is 1. The molecule has 2 aromatic rings. The molecule has 3 rings (SSSR count). The van der Waals surface area contributed by atoms with Crippen LogP contribution in [0.4, 0.5) is 5.95 Å². The second-order valence-corrected chi connectivity index (χ2v) is 5.20. The highest BCUT2D eigenvalue weighted by molar-refractivity contribution is 5.76. The van der Waals surface area contributed by atoms with E-state index in [1.165, 1.54) is 23.8 Å². The Bertz CT molecular complexity index is 941. The molecule has 0 aromatic carbocycles. The van der Waals surface area contributed by atoms with Crippen molar-refractivity contribution in [2.75, 3.05) is 12.3 Å². The Morgan fingerprint density at radius 2 is 2.43 bits per heavy atom. The first-order valence-electron chi connectivity index (χ1n) is 7.74. The standard InChI is InChI=1S/C14H17N5O4/c1-2-4-14(16)9(21)8(6-20)23-12(14)19-5-3-7-10(19)17-13(15)18-11(7)22/h3,5,8-9,12,20-21H,6,16H2,1H3,(H3,15,17,18,22)/t8-,9+,12-,14?/m1/s1/i6D2. The number of hydrogen-bond acceptors (Lipinski definition) is 7. The number of nitrogens with one attached hydrogen (secondary N) is 1. The van der Waals surface area contributed by atoms with Crippen LogP contribution in [0.2, 0.25) is 0 Å². The number of nitrogen functional groups attached to an aromatic ring is 1. The minimum absolute atomic E-state index is 0.130. The SMILES string of the molecule is [2H]C([2H])(O)[C@H]1O[C@@H](n2ccc3c(=O)[nH]c(N)nc32)C(N)(C#CC)[C@H]1O. The highest BCUT2D eigenvalue weighted by atomic mass is 16.5. The number of fused-ring (bicyclic) bond motifs is 1. The predicted molar refractivity (Wildman–Crippen MR) is 82.1 cm³/mol. The second kappa shape index (κ2) is 5.36. The van der Waals surface area contributed by atoms with Crippen LogP contribution in [0.15, 0.2) is 17.1 Å². The molecule has 1 aliphatic rings. The van der Waals surface area contributed by atoms with Gasteiger partial charge in [0.1, 0.15) is 12.2 Å². The highest BCUT2D eigenvalue weighted by Gasteiger charge is 2.54. The summed E-state index contributed by atoms with van der Waals surface area (Å²) in [6.45, 7) is -1.37. The van der Waals surface area contributed by atoms with Crippen molar-refractivity contribution < 1.29 is 17.7 Å². The Balaban J connectivity index is 2.21. The van der Waals surface area contributed by atoms with Crippen LogP contribution in [0.5, 0.6) is 0 Å². The van der Waals surface area contributed by atoms with Crippen LogP contribution >= 0.6 is 0 Å². The molecule has 1 fully saturated rings. The van der Waals surface area contributed by atoms with Gasteiger partial charge in [0, 0.05) is 6.20 Å². The van der Waals surface area contributed by atoms with E-state index in [9.17, 15) is 15.0 Å². The molecule has 1 saturated heterocycles. The van der Waals surface area contributed by atoms with Crippen molar-refractivity contribution in [2.24, 2.45) is 5.73 Å². The van der Waals surface area contributed by atoms with Crippen LogP contribution in [0, 0.1) is 11.8 Å². The van der Waals surface area contributed by atoms with E-state index in [1.807, 2.05) is 0 Å². The van der Waals surface area contributed by atoms with Gasteiger partial charge in [-0.1, -0.05) is 5.92 Å². The summed E-state index contributed by atoms with van der Waals surface area (Å²) < 4.78 is 21.7. The number of hydrogen-bond donors (Lipinski definition) is 5. The normalized spacial score (nSPS) is 32.3. The van der Waals surface area contributed by atoms with Gasteiger partial charge >= 0.3 is 0 Å². The van der Waals surface area contributed by atoms with E-state index in [1.54, 1.807) is 0 Å². The smallest absolute Gasteiger partial charge is 0.261 e. The molecule has 2 aromatic heterocycles. The lowest BCUT2D eigenvalue weighted by Crippen LogP contribution is -2.53. The Kier molecular flexibility index (Phi) is 3.05. The molecule has 4 atom stereocenters. The van der Waals surface area contributed by atoms with Crippen LogP contribution in [0.25, 0.3) is 11.0 Å². The lowest BCUT2D eigenvalue weighted by Gasteiger charge is -2.28. The van der Waals surface area contributed by atoms with Gasteiger partial charge in [0.05, 0.1) is 14.7 Å². The first-order chi connectivity index (χ1) is 11.6. The van der Waals surface area contributed by atoms with Crippen LogP contribution < -0.4 is 17.0 Å². The van der Waals surface area contributed by atoms with E-state index in [4.69, 9.17) is 18.9 Å². The molecule has 7 N–H and O–H groups in total. The van der Waals surface area contributed by atoms with Crippen LogP contribution in [-0.2, 0) is 4.74 Å². The molecule has 1 aliphatic heterocycles. The topological polar surface area (TPSA) is 152 Å². The molecular weight excluding hydrogens is 302 g/mol.